The van der Waals surface area contributed by atoms with Crippen LogP contribution in [0.5, 0.6) is 17.2 Å². The van der Waals surface area contributed by atoms with Gasteiger partial charge in [-0.25, -0.2) is 19.2 Å². The first-order valence-corrected chi connectivity index (χ1v) is 12.3. The minimum atomic E-state index is -1.18. The van der Waals surface area contributed by atoms with Crippen molar-refractivity contribution in [3.63, 3.8) is 0 Å². The van der Waals surface area contributed by atoms with E-state index in [1.54, 1.807) is 13.0 Å². The van der Waals surface area contributed by atoms with Crippen LogP contribution in [0.3, 0.4) is 0 Å². The number of H-pyrrole nitrogens is 1. The Bertz CT molecular complexity index is 1610. The van der Waals surface area contributed by atoms with Crippen molar-refractivity contribution in [1.29, 1.82) is 5.41 Å². The van der Waals surface area contributed by atoms with Crippen LogP contribution in [0.4, 0.5) is 10.1 Å². The van der Waals surface area contributed by atoms with Crippen LogP contribution in [-0.4, -0.2) is 61.5 Å². The number of nitrogens with one attached hydrogen (secondary N) is 3. The summed E-state index contributed by atoms with van der Waals surface area (Å²) in [5.41, 5.74) is 5.35. The van der Waals surface area contributed by atoms with Gasteiger partial charge in [0.2, 0.25) is 0 Å². The van der Waals surface area contributed by atoms with Crippen molar-refractivity contribution in [2.75, 3.05) is 25.1 Å². The number of nitrogens with two attached hydrogens (primary N) is 1. The Hall–Kier alpha value is -5.31. The summed E-state index contributed by atoms with van der Waals surface area (Å²) in [6.45, 7) is 2.67. The highest BCUT2D eigenvalue weighted by molar-refractivity contribution is 5.98. The van der Waals surface area contributed by atoms with Crippen LogP contribution in [0, 0.1) is 11.2 Å². The number of aliphatic hydroxyl groups excluding tert-OH is 1. The van der Waals surface area contributed by atoms with Crippen LogP contribution >= 0.6 is 0 Å². The number of nitrogens with zero attached hydrogens (tertiary/aromatic N) is 4. The third-order valence-electron chi connectivity index (χ3n) is 5.50. The fraction of sp³-hybridized carbons (Fsp3) is 0.231. The first-order chi connectivity index (χ1) is 19.7. The SMILES string of the molecule is CCOc1cc(OCCO)c(F)c([C@H](Nc2ccc(C(=N)N)c(OC(C)=O)c2)c2nn(-c3ncccn3)c(=O)[nH]2)c1. The Balaban J connectivity index is 1.89. The molecule has 4 aromatic rings. The van der Waals surface area contributed by atoms with Crippen molar-refractivity contribution in [2.24, 2.45) is 5.73 Å². The number of carbonyl (C=O) groups is 1. The minimum absolute atomic E-state index is 0.0130. The molecule has 0 saturated heterocycles. The largest absolute Gasteiger partial charge is 0.494 e. The topological polar surface area (TPSA) is 203 Å². The monoisotopic (exact) mass is 566 g/mol. The molecule has 0 spiro atoms. The zero-order chi connectivity index (χ0) is 29.5. The zero-order valence-corrected chi connectivity index (χ0v) is 22.1. The molecule has 214 valence electrons. The van der Waals surface area contributed by atoms with Crippen LogP contribution in [0.25, 0.3) is 5.95 Å². The van der Waals surface area contributed by atoms with Crippen molar-refractivity contribution >= 4 is 17.5 Å². The van der Waals surface area contributed by atoms with Crippen molar-refractivity contribution in [3.05, 3.63) is 82.0 Å². The maximum Gasteiger partial charge on any atom is 0.350 e. The Labute approximate surface area is 232 Å². The predicted octanol–water partition coefficient (Wildman–Crippen LogP) is 1.67. The lowest BCUT2D eigenvalue weighted by molar-refractivity contribution is -0.131. The minimum Gasteiger partial charge on any atom is -0.494 e. The lowest BCUT2D eigenvalue weighted by Crippen LogP contribution is -2.19. The summed E-state index contributed by atoms with van der Waals surface area (Å²) >= 11 is 0. The second-order valence-electron chi connectivity index (χ2n) is 8.40. The molecule has 41 heavy (non-hydrogen) atoms. The van der Waals surface area contributed by atoms with Crippen molar-refractivity contribution in [1.82, 2.24) is 24.7 Å². The highest BCUT2D eigenvalue weighted by atomic mass is 19.1. The molecule has 0 bridgehead atoms. The molecule has 2 aromatic heterocycles. The molecule has 0 amide bonds. The molecule has 4 rings (SSSR count). The van der Waals surface area contributed by atoms with Gasteiger partial charge in [0.05, 0.1) is 18.8 Å². The lowest BCUT2D eigenvalue weighted by atomic mass is 10.0. The number of anilines is 1. The second kappa shape index (κ2) is 12.7. The molecule has 2 heterocycles. The maximum atomic E-state index is 15.9. The Morgan fingerprint density at radius 3 is 2.63 bits per heavy atom. The van der Waals surface area contributed by atoms with Gasteiger partial charge in [-0.05, 0) is 31.2 Å². The number of amidine groups is 1. The van der Waals surface area contributed by atoms with E-state index in [-0.39, 0.29) is 65.8 Å². The number of aliphatic hydroxyl groups is 1. The molecular formula is C26H27FN8O6. The molecule has 14 nitrogen and oxygen atoms in total. The molecule has 15 heteroatoms. The van der Waals surface area contributed by atoms with Crippen LogP contribution in [0.1, 0.15) is 36.8 Å². The van der Waals surface area contributed by atoms with Crippen LogP contribution in [0.15, 0.2) is 53.6 Å². The van der Waals surface area contributed by atoms with E-state index in [4.69, 9.17) is 25.4 Å². The van der Waals surface area contributed by atoms with E-state index >= 15 is 4.39 Å². The number of aromatic nitrogens is 5. The van der Waals surface area contributed by atoms with E-state index < -0.39 is 23.5 Å². The summed E-state index contributed by atoms with van der Waals surface area (Å²) in [7, 11) is 0. The van der Waals surface area contributed by atoms with Gasteiger partial charge in [-0.3, -0.25) is 15.2 Å². The van der Waals surface area contributed by atoms with E-state index in [1.807, 2.05) is 0 Å². The first kappa shape index (κ1) is 28.7. The molecule has 0 radical (unpaired) electrons. The van der Waals surface area contributed by atoms with E-state index in [2.05, 4.69) is 25.4 Å². The first-order valence-electron chi connectivity index (χ1n) is 12.3. The van der Waals surface area contributed by atoms with E-state index in [0.29, 0.717) is 5.69 Å². The Morgan fingerprint density at radius 1 is 1.22 bits per heavy atom. The van der Waals surface area contributed by atoms with Gasteiger partial charge in [0, 0.05) is 42.7 Å². The zero-order valence-electron chi connectivity index (χ0n) is 22.1. The summed E-state index contributed by atoms with van der Waals surface area (Å²) in [5.74, 6) is -1.81. The number of nitrogen functional groups attached to an aromatic ring is 1. The molecule has 0 aliphatic rings. The van der Waals surface area contributed by atoms with E-state index in [9.17, 15) is 14.7 Å². The molecule has 0 aliphatic carbocycles. The number of hydrogen-bond donors (Lipinski definition) is 5. The number of esters is 1. The van der Waals surface area contributed by atoms with Gasteiger partial charge >= 0.3 is 11.7 Å². The fourth-order valence-electron chi connectivity index (χ4n) is 3.85. The van der Waals surface area contributed by atoms with Gasteiger partial charge in [0.15, 0.2) is 17.4 Å². The molecule has 0 unspecified atom stereocenters. The Kier molecular flexibility index (Phi) is 8.88. The van der Waals surface area contributed by atoms with Gasteiger partial charge in [0.1, 0.15) is 30.0 Å². The fourth-order valence-corrected chi connectivity index (χ4v) is 3.85. The number of rotatable bonds is 12. The van der Waals surface area contributed by atoms with E-state index in [0.717, 1.165) is 4.68 Å². The lowest BCUT2D eigenvalue weighted by Gasteiger charge is -2.22. The molecule has 0 fully saturated rings. The number of halogens is 1. The number of hydrogen-bond acceptors (Lipinski definition) is 11. The van der Waals surface area contributed by atoms with Crippen LogP contribution < -0.4 is 31.0 Å². The number of carbonyl (C=O) groups excluding carboxylic acids is 1. The molecular weight excluding hydrogens is 539 g/mol. The number of benzene rings is 2. The van der Waals surface area contributed by atoms with Crippen LogP contribution in [0.2, 0.25) is 0 Å². The van der Waals surface area contributed by atoms with Crippen molar-refractivity contribution in [2.45, 2.75) is 19.9 Å². The summed E-state index contributed by atoms with van der Waals surface area (Å²) in [6, 6.07) is 7.51. The summed E-state index contributed by atoms with van der Waals surface area (Å²) in [6.07, 6.45) is 2.87. The smallest absolute Gasteiger partial charge is 0.350 e. The van der Waals surface area contributed by atoms with Crippen molar-refractivity contribution in [3.8, 4) is 23.2 Å². The number of aromatic amines is 1. The van der Waals surface area contributed by atoms with E-state index in [1.165, 1.54) is 49.6 Å². The predicted molar refractivity (Wildman–Crippen MR) is 144 cm³/mol. The summed E-state index contributed by atoms with van der Waals surface area (Å²) in [5, 5.41) is 24.4. The van der Waals surface area contributed by atoms with Gasteiger partial charge in [0.25, 0.3) is 5.95 Å². The van der Waals surface area contributed by atoms with Crippen molar-refractivity contribution < 1.29 is 28.5 Å². The molecule has 1 atom stereocenters. The summed E-state index contributed by atoms with van der Waals surface area (Å²) < 4.78 is 33.1. The normalized spacial score (nSPS) is 11.5. The molecule has 2 aromatic carbocycles. The number of ether oxygens (including phenoxy) is 3. The van der Waals surface area contributed by atoms with Gasteiger partial charge in [-0.2, -0.15) is 0 Å². The average molecular weight is 567 g/mol. The van der Waals surface area contributed by atoms with Gasteiger partial charge < -0.3 is 30.4 Å². The maximum absolute atomic E-state index is 15.9. The molecule has 0 aliphatic heterocycles. The summed E-state index contributed by atoms with van der Waals surface area (Å²) in [4.78, 5) is 35.2. The van der Waals surface area contributed by atoms with Gasteiger partial charge in [-0.1, -0.05) is 0 Å². The Morgan fingerprint density at radius 2 is 1.98 bits per heavy atom. The molecule has 0 saturated carbocycles. The quantitative estimate of drug-likeness (QED) is 0.0722. The highest BCUT2D eigenvalue weighted by Gasteiger charge is 2.27. The second-order valence-corrected chi connectivity index (χ2v) is 8.40. The molecule has 6 N–H and O–H groups in total. The third kappa shape index (κ3) is 6.65. The van der Waals surface area contributed by atoms with Gasteiger partial charge in [-0.15, -0.1) is 9.78 Å². The standard InChI is InChI=1S/C26H27FN8O6/c1-3-39-16-12-18(21(27)20(13-16)40-10-9-36)22(24-33-26(38)35(34-24)25-30-7-4-8-31-25)32-15-5-6-17(23(28)29)19(11-15)41-14(2)37/h4-8,11-13,22,32,36H,3,9-10H2,1-2H3,(H3,28,29)(H,33,34,38)/t22-/m0/s1. The third-order valence-corrected chi connectivity index (χ3v) is 5.50. The highest BCUT2D eigenvalue weighted by Crippen LogP contribution is 2.36. The average Bonchev–Trinajstić information content (AvgIpc) is 3.33. The van der Waals surface area contributed by atoms with Crippen LogP contribution in [-0.2, 0) is 4.79 Å².